The number of benzene rings is 4. The number of aryl methyl sites for hydroxylation is 2. The highest BCUT2D eigenvalue weighted by molar-refractivity contribution is 6.16. The first-order chi connectivity index (χ1) is 25.4. The first-order valence-corrected chi connectivity index (χ1v) is 18.5. The van der Waals surface area contributed by atoms with Crippen LogP contribution in [0, 0.1) is 0 Å². The summed E-state index contributed by atoms with van der Waals surface area (Å²) in [7, 11) is 1.73. The first-order valence-electron chi connectivity index (χ1n) is 18.5. The topological polar surface area (TPSA) is 96.3 Å². The van der Waals surface area contributed by atoms with E-state index in [2.05, 4.69) is 58.4 Å². The van der Waals surface area contributed by atoms with Crippen LogP contribution in [0.3, 0.4) is 0 Å². The number of nitrogens with zero attached hydrogens (tertiary/aromatic N) is 3. The SMILES string of the molecule is CCc1ccc(CNc2ccc(C(=O)c3cn(CCCC(=O)O)c4ccccc34)cc2OCCCCN2CCN(c3ccccc3OC)CC2)cc1. The van der Waals surface area contributed by atoms with Crippen LogP contribution < -0.4 is 19.7 Å². The van der Waals surface area contributed by atoms with Gasteiger partial charge in [0.1, 0.15) is 11.5 Å². The van der Waals surface area contributed by atoms with Gasteiger partial charge in [0, 0.05) is 73.9 Å². The molecule has 0 radical (unpaired) electrons. The van der Waals surface area contributed by atoms with Crippen LogP contribution in [0.25, 0.3) is 10.9 Å². The second-order valence-electron chi connectivity index (χ2n) is 13.4. The highest BCUT2D eigenvalue weighted by atomic mass is 16.5. The summed E-state index contributed by atoms with van der Waals surface area (Å²) in [5.74, 6) is 0.663. The molecule has 1 aliphatic heterocycles. The Labute approximate surface area is 306 Å². The van der Waals surface area contributed by atoms with Gasteiger partial charge < -0.3 is 29.4 Å². The lowest BCUT2D eigenvalue weighted by Gasteiger charge is -2.36. The number of hydrogen-bond acceptors (Lipinski definition) is 7. The van der Waals surface area contributed by atoms with Crippen molar-refractivity contribution in [3.63, 3.8) is 0 Å². The molecule has 0 bridgehead atoms. The number of carboxylic acids is 1. The zero-order chi connectivity index (χ0) is 36.3. The third kappa shape index (κ3) is 9.14. The third-order valence-electron chi connectivity index (χ3n) is 9.91. The number of ketones is 1. The summed E-state index contributed by atoms with van der Waals surface area (Å²) in [6.45, 7) is 8.81. The van der Waals surface area contributed by atoms with Gasteiger partial charge in [-0.15, -0.1) is 0 Å². The quantitative estimate of drug-likeness (QED) is 0.0703. The Morgan fingerprint density at radius 3 is 2.33 bits per heavy atom. The number of aromatic nitrogens is 1. The van der Waals surface area contributed by atoms with Crippen LogP contribution in [0.2, 0.25) is 0 Å². The summed E-state index contributed by atoms with van der Waals surface area (Å²) in [4.78, 5) is 30.1. The average Bonchev–Trinajstić information content (AvgIpc) is 3.55. The molecule has 0 aliphatic carbocycles. The van der Waals surface area contributed by atoms with Gasteiger partial charge in [-0.1, -0.05) is 61.5 Å². The molecule has 2 heterocycles. The predicted octanol–water partition coefficient (Wildman–Crippen LogP) is 7.90. The number of para-hydroxylation sites is 3. The number of unbranched alkanes of at least 4 members (excludes halogenated alkanes) is 1. The molecule has 9 heteroatoms. The molecule has 2 N–H and O–H groups in total. The Hall–Kier alpha value is -5.28. The molecular weight excluding hydrogens is 652 g/mol. The maximum atomic E-state index is 14.1. The van der Waals surface area contributed by atoms with Crippen molar-refractivity contribution in [1.29, 1.82) is 0 Å². The molecule has 0 atom stereocenters. The lowest BCUT2D eigenvalue weighted by Crippen LogP contribution is -2.46. The number of carbonyl (C=O) groups is 2. The number of piperazine rings is 1. The minimum absolute atomic E-state index is 0.0776. The molecule has 0 unspecified atom stereocenters. The highest BCUT2D eigenvalue weighted by Crippen LogP contribution is 2.31. The van der Waals surface area contributed by atoms with Crippen molar-refractivity contribution in [3.05, 3.63) is 119 Å². The molecule has 52 heavy (non-hydrogen) atoms. The molecule has 9 nitrogen and oxygen atoms in total. The second-order valence-corrected chi connectivity index (χ2v) is 13.4. The van der Waals surface area contributed by atoms with Gasteiger partial charge in [-0.25, -0.2) is 0 Å². The van der Waals surface area contributed by atoms with Crippen LogP contribution in [-0.2, 0) is 24.3 Å². The molecule has 5 aromatic rings. The second kappa shape index (κ2) is 17.8. The molecule has 0 amide bonds. The Kier molecular flexibility index (Phi) is 12.5. The van der Waals surface area contributed by atoms with Crippen molar-refractivity contribution in [2.24, 2.45) is 0 Å². The molecule has 0 spiro atoms. The zero-order valence-corrected chi connectivity index (χ0v) is 30.4. The van der Waals surface area contributed by atoms with E-state index in [4.69, 9.17) is 14.6 Å². The van der Waals surface area contributed by atoms with Crippen LogP contribution in [0.15, 0.2) is 97.2 Å². The van der Waals surface area contributed by atoms with E-state index in [0.717, 1.165) is 80.0 Å². The van der Waals surface area contributed by atoms with Crippen LogP contribution in [0.1, 0.15) is 59.7 Å². The minimum atomic E-state index is -0.824. The number of anilines is 2. The summed E-state index contributed by atoms with van der Waals surface area (Å²) >= 11 is 0. The van der Waals surface area contributed by atoms with E-state index >= 15 is 0 Å². The number of aliphatic carboxylic acids is 1. The van der Waals surface area contributed by atoms with Gasteiger partial charge in [-0.05, 0) is 79.8 Å². The Bertz CT molecular complexity index is 1950. The van der Waals surface area contributed by atoms with E-state index in [1.54, 1.807) is 7.11 Å². The van der Waals surface area contributed by atoms with Crippen LogP contribution in [-0.4, -0.2) is 72.8 Å². The molecule has 6 rings (SSSR count). The summed E-state index contributed by atoms with van der Waals surface area (Å²) in [5.41, 5.74) is 6.54. The van der Waals surface area contributed by atoms with Gasteiger partial charge in [-0.3, -0.25) is 14.5 Å². The lowest BCUT2D eigenvalue weighted by molar-refractivity contribution is -0.137. The van der Waals surface area contributed by atoms with E-state index in [1.165, 1.54) is 11.1 Å². The lowest BCUT2D eigenvalue weighted by atomic mass is 10.0. The summed E-state index contributed by atoms with van der Waals surface area (Å²) < 4.78 is 14.0. The molecule has 1 fully saturated rings. The highest BCUT2D eigenvalue weighted by Gasteiger charge is 2.21. The van der Waals surface area contributed by atoms with Crippen LogP contribution in [0.5, 0.6) is 11.5 Å². The predicted molar refractivity (Wildman–Crippen MR) is 208 cm³/mol. The smallest absolute Gasteiger partial charge is 0.303 e. The summed E-state index contributed by atoms with van der Waals surface area (Å²) in [6, 6.07) is 30.3. The van der Waals surface area contributed by atoms with E-state index in [-0.39, 0.29) is 12.2 Å². The molecule has 4 aromatic carbocycles. The standard InChI is InChI=1S/C43H50N4O5/c1-3-32-16-18-33(19-17-32)30-44-37-21-20-34(43(50)36-31-47(23-10-15-42(48)49)38-12-5-4-11-35(36)38)29-41(37)52-28-9-8-22-45-24-26-46(27-25-45)39-13-6-7-14-40(39)51-2/h4-7,11-14,16-21,29,31,44H,3,8-10,15,22-28,30H2,1-2H3,(H,48,49). The van der Waals surface area contributed by atoms with Crippen molar-refractivity contribution in [2.45, 2.75) is 52.1 Å². The van der Waals surface area contributed by atoms with Gasteiger partial charge in [0.15, 0.2) is 5.78 Å². The van der Waals surface area contributed by atoms with Crippen molar-refractivity contribution in [3.8, 4) is 11.5 Å². The van der Waals surface area contributed by atoms with Gasteiger partial charge in [-0.2, -0.15) is 0 Å². The maximum Gasteiger partial charge on any atom is 0.303 e. The largest absolute Gasteiger partial charge is 0.495 e. The van der Waals surface area contributed by atoms with Gasteiger partial charge in [0.2, 0.25) is 0 Å². The fraction of sp³-hybridized carbons (Fsp3) is 0.349. The number of ether oxygens (including phenoxy) is 2. The van der Waals surface area contributed by atoms with E-state index in [0.29, 0.717) is 43.0 Å². The van der Waals surface area contributed by atoms with Crippen molar-refractivity contribution in [1.82, 2.24) is 9.47 Å². The number of rotatable bonds is 18. The van der Waals surface area contributed by atoms with Gasteiger partial charge in [0.05, 0.1) is 25.1 Å². The number of carbonyl (C=O) groups excluding carboxylic acids is 1. The van der Waals surface area contributed by atoms with Crippen molar-refractivity contribution < 1.29 is 24.2 Å². The van der Waals surface area contributed by atoms with Crippen LogP contribution >= 0.6 is 0 Å². The fourth-order valence-corrected chi connectivity index (χ4v) is 6.91. The minimum Gasteiger partial charge on any atom is -0.495 e. The third-order valence-corrected chi connectivity index (χ3v) is 9.91. The molecule has 1 aromatic heterocycles. The molecule has 0 saturated carbocycles. The maximum absolute atomic E-state index is 14.1. The van der Waals surface area contributed by atoms with Crippen molar-refractivity contribution in [2.75, 3.05) is 56.7 Å². The van der Waals surface area contributed by atoms with E-state index in [9.17, 15) is 9.59 Å². The first kappa shape index (κ1) is 36.5. The monoisotopic (exact) mass is 702 g/mol. The number of methoxy groups -OCH3 is 1. The van der Waals surface area contributed by atoms with Crippen LogP contribution in [0.4, 0.5) is 11.4 Å². The number of hydrogen-bond donors (Lipinski definition) is 2. The van der Waals surface area contributed by atoms with Crippen molar-refractivity contribution >= 4 is 34.0 Å². The zero-order valence-electron chi connectivity index (χ0n) is 30.4. The Morgan fingerprint density at radius 1 is 0.808 bits per heavy atom. The fourth-order valence-electron chi connectivity index (χ4n) is 6.91. The molecule has 1 saturated heterocycles. The number of carboxylic acid groups (broad SMARTS) is 1. The normalized spacial score (nSPS) is 13.3. The molecule has 1 aliphatic rings. The summed E-state index contributed by atoms with van der Waals surface area (Å²) in [5, 5.41) is 13.5. The molecular formula is C43H50N4O5. The van der Waals surface area contributed by atoms with Gasteiger partial charge in [0.25, 0.3) is 0 Å². The van der Waals surface area contributed by atoms with E-state index < -0.39 is 5.97 Å². The Morgan fingerprint density at radius 2 is 1.56 bits per heavy atom. The van der Waals surface area contributed by atoms with E-state index in [1.807, 2.05) is 65.4 Å². The number of nitrogens with one attached hydrogen (secondary N) is 1. The summed E-state index contributed by atoms with van der Waals surface area (Å²) in [6.07, 6.45) is 5.33. The van der Waals surface area contributed by atoms with Gasteiger partial charge >= 0.3 is 5.97 Å². The Balaban J connectivity index is 1.11. The average molecular weight is 703 g/mol. The number of fused-ring (bicyclic) bond motifs is 1. The molecule has 272 valence electrons.